The molecule has 0 amide bonds. The molecule has 3 aromatic heterocycles. The Morgan fingerprint density at radius 3 is 2.67 bits per heavy atom. The minimum Gasteiger partial charge on any atom is -0.449 e. The number of oxazole rings is 1. The second-order valence-corrected chi connectivity index (χ2v) is 5.71. The van der Waals surface area contributed by atoms with Crippen LogP contribution in [-0.4, -0.2) is 24.7 Å². The number of aryl methyl sites for hydroxylation is 1. The number of hydrogen-bond acceptors (Lipinski definition) is 6. The van der Waals surface area contributed by atoms with Gasteiger partial charge in [-0.05, 0) is 18.2 Å². The second-order valence-electron chi connectivity index (χ2n) is 5.71. The van der Waals surface area contributed by atoms with Gasteiger partial charge in [0.15, 0.2) is 5.89 Å². The van der Waals surface area contributed by atoms with Crippen LogP contribution in [0.1, 0.15) is 23.9 Å². The van der Waals surface area contributed by atoms with Crippen molar-refractivity contribution in [3.8, 4) is 22.8 Å². The number of aromatic nitrogens is 5. The minimum atomic E-state index is -2.90. The van der Waals surface area contributed by atoms with Gasteiger partial charge in [0, 0.05) is 30.4 Å². The number of imidazole rings is 1. The van der Waals surface area contributed by atoms with E-state index in [0.717, 1.165) is 6.07 Å². The Hall–Kier alpha value is -3.43. The van der Waals surface area contributed by atoms with Gasteiger partial charge in [-0.25, -0.2) is 14.4 Å². The van der Waals surface area contributed by atoms with Gasteiger partial charge in [0.2, 0.25) is 5.89 Å². The van der Waals surface area contributed by atoms with Gasteiger partial charge in [-0.2, -0.15) is 8.78 Å². The molecule has 0 N–H and O–H groups in total. The number of alkyl halides is 2. The zero-order valence-electron chi connectivity index (χ0n) is 13.9. The van der Waals surface area contributed by atoms with Crippen LogP contribution in [0.25, 0.3) is 22.8 Å². The van der Waals surface area contributed by atoms with Crippen LogP contribution >= 0.6 is 0 Å². The highest BCUT2D eigenvalue weighted by Crippen LogP contribution is 2.28. The van der Waals surface area contributed by atoms with E-state index in [9.17, 15) is 13.2 Å². The molecule has 0 radical (unpaired) electrons. The minimum absolute atomic E-state index is 0.177. The smallest absolute Gasteiger partial charge is 0.314 e. The van der Waals surface area contributed by atoms with Gasteiger partial charge in [0.1, 0.15) is 17.9 Å². The highest BCUT2D eigenvalue weighted by atomic mass is 19.3. The Kier molecular flexibility index (Phi) is 4.22. The van der Waals surface area contributed by atoms with Gasteiger partial charge in [-0.15, -0.1) is 10.2 Å². The van der Waals surface area contributed by atoms with Crippen molar-refractivity contribution >= 4 is 0 Å². The normalized spacial score (nSPS) is 11.4. The molecule has 0 spiro atoms. The Labute approximate surface area is 150 Å². The predicted molar refractivity (Wildman–Crippen MR) is 86.2 cm³/mol. The third-order valence-corrected chi connectivity index (χ3v) is 3.74. The molecule has 0 fully saturated rings. The highest BCUT2D eigenvalue weighted by molar-refractivity contribution is 5.65. The first kappa shape index (κ1) is 17.0. The summed E-state index contributed by atoms with van der Waals surface area (Å²) in [6, 6.07) is 3.94. The van der Waals surface area contributed by atoms with Gasteiger partial charge < -0.3 is 13.4 Å². The molecule has 0 bridgehead atoms. The molecule has 4 rings (SSSR count). The van der Waals surface area contributed by atoms with Crippen LogP contribution in [0.4, 0.5) is 13.2 Å². The lowest BCUT2D eigenvalue weighted by atomic mass is 10.1. The fourth-order valence-corrected chi connectivity index (χ4v) is 2.63. The molecule has 0 saturated carbocycles. The van der Waals surface area contributed by atoms with Crippen LogP contribution in [0.15, 0.2) is 45.7 Å². The third kappa shape index (κ3) is 3.46. The SMILES string of the molecule is Cc1nc(Cn2ccnc2-c2cc(F)cc(-c3nnc(C(F)F)o3)c2)co1. The molecule has 7 nitrogen and oxygen atoms in total. The first-order chi connectivity index (χ1) is 13.0. The van der Waals surface area contributed by atoms with E-state index in [1.165, 1.54) is 12.3 Å². The molecule has 10 heteroatoms. The van der Waals surface area contributed by atoms with Crippen molar-refractivity contribution in [2.75, 3.05) is 0 Å². The van der Waals surface area contributed by atoms with Crippen molar-refractivity contribution in [1.29, 1.82) is 0 Å². The highest BCUT2D eigenvalue weighted by Gasteiger charge is 2.19. The molecule has 0 aliphatic rings. The van der Waals surface area contributed by atoms with Crippen molar-refractivity contribution < 1.29 is 22.0 Å². The summed E-state index contributed by atoms with van der Waals surface area (Å²) in [7, 11) is 0. The zero-order chi connectivity index (χ0) is 19.0. The van der Waals surface area contributed by atoms with E-state index in [1.807, 2.05) is 0 Å². The maximum Gasteiger partial charge on any atom is 0.314 e. The average Bonchev–Trinajstić information content (AvgIpc) is 3.35. The van der Waals surface area contributed by atoms with E-state index in [1.54, 1.807) is 30.0 Å². The van der Waals surface area contributed by atoms with Crippen LogP contribution in [0.3, 0.4) is 0 Å². The van der Waals surface area contributed by atoms with Crippen LogP contribution in [0.5, 0.6) is 0 Å². The molecule has 0 aliphatic heterocycles. The maximum atomic E-state index is 14.1. The fourth-order valence-electron chi connectivity index (χ4n) is 2.63. The quantitative estimate of drug-likeness (QED) is 0.524. The van der Waals surface area contributed by atoms with Crippen molar-refractivity contribution in [3.63, 3.8) is 0 Å². The number of nitrogens with zero attached hydrogens (tertiary/aromatic N) is 5. The lowest BCUT2D eigenvalue weighted by molar-refractivity contribution is 0.116. The molecule has 1 aromatic carbocycles. The molecule has 27 heavy (non-hydrogen) atoms. The zero-order valence-corrected chi connectivity index (χ0v) is 13.9. The van der Waals surface area contributed by atoms with E-state index < -0.39 is 18.1 Å². The number of rotatable bonds is 5. The van der Waals surface area contributed by atoms with Crippen molar-refractivity contribution in [1.82, 2.24) is 24.7 Å². The lowest BCUT2D eigenvalue weighted by Gasteiger charge is -2.07. The first-order valence-corrected chi connectivity index (χ1v) is 7.84. The van der Waals surface area contributed by atoms with Gasteiger partial charge >= 0.3 is 6.43 Å². The van der Waals surface area contributed by atoms with Gasteiger partial charge in [0.05, 0.1) is 12.2 Å². The summed E-state index contributed by atoms with van der Waals surface area (Å²) in [5.74, 6) is -0.614. The molecule has 0 atom stereocenters. The first-order valence-electron chi connectivity index (χ1n) is 7.84. The van der Waals surface area contributed by atoms with Crippen molar-refractivity contribution in [3.05, 3.63) is 60.1 Å². The van der Waals surface area contributed by atoms with Gasteiger partial charge in [-0.1, -0.05) is 0 Å². The summed E-state index contributed by atoms with van der Waals surface area (Å²) in [5, 5.41) is 6.81. The van der Waals surface area contributed by atoms with Crippen LogP contribution in [0.2, 0.25) is 0 Å². The van der Waals surface area contributed by atoms with Gasteiger partial charge in [0.25, 0.3) is 5.89 Å². The number of hydrogen-bond donors (Lipinski definition) is 0. The van der Waals surface area contributed by atoms with Crippen LogP contribution < -0.4 is 0 Å². The van der Waals surface area contributed by atoms with E-state index in [4.69, 9.17) is 8.83 Å². The van der Waals surface area contributed by atoms with E-state index in [2.05, 4.69) is 20.2 Å². The molecule has 138 valence electrons. The van der Waals surface area contributed by atoms with E-state index in [-0.39, 0.29) is 11.5 Å². The summed E-state index contributed by atoms with van der Waals surface area (Å²) in [6.07, 6.45) is 1.91. The predicted octanol–water partition coefficient (Wildman–Crippen LogP) is 4.02. The standard InChI is InChI=1S/C17H12F3N5O2/c1-9-22-13(8-26-9)7-25-3-2-21-15(25)10-4-11(6-12(18)5-10)16-23-24-17(27-16)14(19)20/h2-6,8,14H,7H2,1H3. The second kappa shape index (κ2) is 6.71. The summed E-state index contributed by atoms with van der Waals surface area (Å²) in [6.45, 7) is 2.10. The summed E-state index contributed by atoms with van der Waals surface area (Å²) < 4.78 is 51.3. The van der Waals surface area contributed by atoms with Gasteiger partial charge in [-0.3, -0.25) is 0 Å². The fraction of sp³-hybridized carbons (Fsp3) is 0.176. The molecule has 0 aliphatic carbocycles. The number of halogens is 3. The Morgan fingerprint density at radius 1 is 1.15 bits per heavy atom. The Morgan fingerprint density at radius 2 is 1.96 bits per heavy atom. The van der Waals surface area contributed by atoms with Crippen molar-refractivity contribution in [2.24, 2.45) is 0 Å². The van der Waals surface area contributed by atoms with E-state index in [0.29, 0.717) is 29.5 Å². The molecule has 0 unspecified atom stereocenters. The largest absolute Gasteiger partial charge is 0.449 e. The Bertz CT molecular complexity index is 1090. The lowest BCUT2D eigenvalue weighted by Crippen LogP contribution is -2.02. The third-order valence-electron chi connectivity index (χ3n) is 3.74. The molecule has 0 saturated heterocycles. The topological polar surface area (TPSA) is 82.8 Å². The number of benzene rings is 1. The molecular weight excluding hydrogens is 363 g/mol. The molecular formula is C17H12F3N5O2. The summed E-state index contributed by atoms with van der Waals surface area (Å²) >= 11 is 0. The van der Waals surface area contributed by atoms with Crippen LogP contribution in [0, 0.1) is 12.7 Å². The van der Waals surface area contributed by atoms with Crippen LogP contribution in [-0.2, 0) is 6.54 Å². The van der Waals surface area contributed by atoms with E-state index >= 15 is 0 Å². The molecule has 4 aromatic rings. The molecule has 3 heterocycles. The monoisotopic (exact) mass is 375 g/mol. The van der Waals surface area contributed by atoms with Crippen molar-refractivity contribution in [2.45, 2.75) is 19.9 Å². The summed E-state index contributed by atoms with van der Waals surface area (Å²) in [4.78, 5) is 8.48. The Balaban J connectivity index is 1.70. The summed E-state index contributed by atoms with van der Waals surface area (Å²) in [5.41, 5.74) is 1.28. The maximum absolute atomic E-state index is 14.1. The average molecular weight is 375 g/mol.